The maximum Gasteiger partial charge on any atom is 0.257 e. The van der Waals surface area contributed by atoms with Crippen LogP contribution < -0.4 is 0 Å². The molecular formula is C20H23N3O3. The molecule has 2 saturated heterocycles. The molecule has 0 aromatic carbocycles. The molecule has 6 nitrogen and oxygen atoms in total. The van der Waals surface area contributed by atoms with Gasteiger partial charge in [0.25, 0.3) is 5.91 Å². The smallest absolute Gasteiger partial charge is 0.257 e. The summed E-state index contributed by atoms with van der Waals surface area (Å²) in [6.45, 7) is 2.79. The highest BCUT2D eigenvalue weighted by Gasteiger charge is 2.42. The summed E-state index contributed by atoms with van der Waals surface area (Å²) in [5.74, 6) is 0.223. The first-order chi connectivity index (χ1) is 12.7. The SMILES string of the molecule is O=C1CCC2(CCCN(C(=O)c3ccoc3)C2)CN1Cc1ccncc1. The number of piperidine rings is 2. The lowest BCUT2D eigenvalue weighted by molar-refractivity contribution is -0.139. The monoisotopic (exact) mass is 353 g/mol. The van der Waals surface area contributed by atoms with Crippen LogP contribution in [0.4, 0.5) is 0 Å². The van der Waals surface area contributed by atoms with Gasteiger partial charge >= 0.3 is 0 Å². The van der Waals surface area contributed by atoms with Crippen LogP contribution >= 0.6 is 0 Å². The van der Waals surface area contributed by atoms with Gasteiger partial charge in [0.15, 0.2) is 0 Å². The summed E-state index contributed by atoms with van der Waals surface area (Å²) in [7, 11) is 0. The van der Waals surface area contributed by atoms with Crippen LogP contribution in [0.2, 0.25) is 0 Å². The van der Waals surface area contributed by atoms with E-state index in [1.165, 1.54) is 12.5 Å². The van der Waals surface area contributed by atoms with E-state index in [0.29, 0.717) is 31.6 Å². The fourth-order valence-electron chi connectivity index (χ4n) is 4.24. The first-order valence-corrected chi connectivity index (χ1v) is 9.13. The largest absolute Gasteiger partial charge is 0.472 e. The second-order valence-electron chi connectivity index (χ2n) is 7.45. The highest BCUT2D eigenvalue weighted by atomic mass is 16.3. The minimum atomic E-state index is -0.00140. The van der Waals surface area contributed by atoms with Crippen LogP contribution in [0.5, 0.6) is 0 Å². The number of rotatable bonds is 3. The van der Waals surface area contributed by atoms with Gasteiger partial charge in [-0.1, -0.05) is 0 Å². The topological polar surface area (TPSA) is 66.7 Å². The van der Waals surface area contributed by atoms with Gasteiger partial charge in [-0.25, -0.2) is 0 Å². The van der Waals surface area contributed by atoms with Gasteiger partial charge in [-0.2, -0.15) is 0 Å². The second kappa shape index (κ2) is 6.94. The zero-order chi connectivity index (χ0) is 18.0. The van der Waals surface area contributed by atoms with E-state index >= 15 is 0 Å². The third kappa shape index (κ3) is 3.36. The fraction of sp³-hybridized carbons (Fsp3) is 0.450. The molecule has 2 aromatic rings. The molecule has 2 aliphatic heterocycles. The van der Waals surface area contributed by atoms with Gasteiger partial charge in [-0.05, 0) is 43.0 Å². The van der Waals surface area contributed by atoms with Crippen molar-refractivity contribution in [3.8, 4) is 0 Å². The number of nitrogens with zero attached hydrogens (tertiary/aromatic N) is 3. The summed E-state index contributed by atoms with van der Waals surface area (Å²) in [6, 6.07) is 5.61. The summed E-state index contributed by atoms with van der Waals surface area (Å²) in [4.78, 5) is 33.1. The Hall–Kier alpha value is -2.63. The van der Waals surface area contributed by atoms with E-state index in [2.05, 4.69) is 4.98 Å². The van der Waals surface area contributed by atoms with Gasteiger partial charge in [-0.15, -0.1) is 0 Å². The van der Waals surface area contributed by atoms with Crippen LogP contribution in [-0.2, 0) is 11.3 Å². The Morgan fingerprint density at radius 3 is 2.81 bits per heavy atom. The number of likely N-dealkylation sites (tertiary alicyclic amines) is 2. The molecule has 4 rings (SSSR count). The quantitative estimate of drug-likeness (QED) is 0.851. The van der Waals surface area contributed by atoms with Crippen molar-refractivity contribution in [3.63, 3.8) is 0 Å². The molecule has 1 atom stereocenters. The van der Waals surface area contributed by atoms with E-state index in [-0.39, 0.29) is 17.2 Å². The van der Waals surface area contributed by atoms with E-state index in [1.54, 1.807) is 18.5 Å². The van der Waals surface area contributed by atoms with Crippen molar-refractivity contribution in [2.24, 2.45) is 5.41 Å². The highest BCUT2D eigenvalue weighted by molar-refractivity contribution is 5.94. The van der Waals surface area contributed by atoms with E-state index in [1.807, 2.05) is 21.9 Å². The minimum absolute atomic E-state index is 0.00140. The molecule has 1 spiro atoms. The van der Waals surface area contributed by atoms with Gasteiger partial charge in [-0.3, -0.25) is 14.6 Å². The average Bonchev–Trinajstić information content (AvgIpc) is 3.20. The van der Waals surface area contributed by atoms with Crippen LogP contribution in [0.15, 0.2) is 47.5 Å². The van der Waals surface area contributed by atoms with Crippen LogP contribution in [-0.4, -0.2) is 46.2 Å². The lowest BCUT2D eigenvalue weighted by Gasteiger charge is -2.48. The van der Waals surface area contributed by atoms with Crippen molar-refractivity contribution in [2.75, 3.05) is 19.6 Å². The van der Waals surface area contributed by atoms with Crippen molar-refractivity contribution >= 4 is 11.8 Å². The number of carbonyl (C=O) groups is 2. The summed E-state index contributed by atoms with van der Waals surface area (Å²) in [5.41, 5.74) is 1.69. The summed E-state index contributed by atoms with van der Waals surface area (Å²) >= 11 is 0. The van der Waals surface area contributed by atoms with Crippen molar-refractivity contribution < 1.29 is 14.0 Å². The first-order valence-electron chi connectivity index (χ1n) is 9.13. The van der Waals surface area contributed by atoms with Crippen molar-refractivity contribution in [3.05, 3.63) is 54.2 Å². The van der Waals surface area contributed by atoms with Crippen molar-refractivity contribution in [1.29, 1.82) is 0 Å². The number of furan rings is 1. The number of hydrogen-bond donors (Lipinski definition) is 0. The Morgan fingerprint density at radius 2 is 2.04 bits per heavy atom. The van der Waals surface area contributed by atoms with Crippen molar-refractivity contribution in [1.82, 2.24) is 14.8 Å². The Bertz CT molecular complexity index is 775. The first kappa shape index (κ1) is 16.8. The molecule has 26 heavy (non-hydrogen) atoms. The molecule has 0 saturated carbocycles. The maximum absolute atomic E-state index is 12.7. The molecule has 4 heterocycles. The zero-order valence-corrected chi connectivity index (χ0v) is 14.8. The Labute approximate surface area is 152 Å². The van der Waals surface area contributed by atoms with Crippen LogP contribution in [0.25, 0.3) is 0 Å². The Balaban J connectivity index is 1.48. The Kier molecular flexibility index (Phi) is 4.49. The van der Waals surface area contributed by atoms with Gasteiger partial charge in [0.1, 0.15) is 6.26 Å². The summed E-state index contributed by atoms with van der Waals surface area (Å²) in [6.07, 6.45) is 9.99. The minimum Gasteiger partial charge on any atom is -0.472 e. The summed E-state index contributed by atoms with van der Waals surface area (Å²) < 4.78 is 5.06. The van der Waals surface area contributed by atoms with Crippen LogP contribution in [0, 0.1) is 5.41 Å². The normalized spacial score (nSPS) is 23.5. The number of carbonyl (C=O) groups excluding carboxylic acids is 2. The molecule has 2 aliphatic rings. The third-order valence-electron chi connectivity index (χ3n) is 5.59. The number of amides is 2. The van der Waals surface area contributed by atoms with E-state index in [4.69, 9.17) is 4.42 Å². The highest BCUT2D eigenvalue weighted by Crippen LogP contribution is 2.39. The standard InChI is InChI=1S/C20H23N3O3/c24-18-2-7-20(15-23(18)12-16-3-8-21-9-4-16)6-1-10-22(14-20)19(25)17-5-11-26-13-17/h3-5,8-9,11,13H,1-2,6-7,10,12,14-15H2. The number of pyridine rings is 1. The second-order valence-corrected chi connectivity index (χ2v) is 7.45. The number of aromatic nitrogens is 1. The predicted molar refractivity (Wildman–Crippen MR) is 95.2 cm³/mol. The molecule has 2 fully saturated rings. The van der Waals surface area contributed by atoms with Crippen LogP contribution in [0.3, 0.4) is 0 Å². The van der Waals surface area contributed by atoms with Gasteiger partial charge in [0, 0.05) is 50.4 Å². The lowest BCUT2D eigenvalue weighted by atomic mass is 9.73. The zero-order valence-electron chi connectivity index (χ0n) is 14.8. The Morgan fingerprint density at radius 1 is 1.19 bits per heavy atom. The maximum atomic E-state index is 12.7. The predicted octanol–water partition coefficient (Wildman–Crippen LogP) is 2.72. The third-order valence-corrected chi connectivity index (χ3v) is 5.59. The van der Waals surface area contributed by atoms with Crippen molar-refractivity contribution in [2.45, 2.75) is 32.2 Å². The molecule has 0 aliphatic carbocycles. The molecule has 136 valence electrons. The molecule has 1 unspecified atom stereocenters. The molecule has 2 amide bonds. The van der Waals surface area contributed by atoms with E-state index in [0.717, 1.165) is 31.4 Å². The molecular weight excluding hydrogens is 330 g/mol. The fourth-order valence-corrected chi connectivity index (χ4v) is 4.24. The van der Waals surface area contributed by atoms with E-state index < -0.39 is 0 Å². The number of hydrogen-bond acceptors (Lipinski definition) is 4. The molecule has 0 bridgehead atoms. The van der Waals surface area contributed by atoms with E-state index in [9.17, 15) is 9.59 Å². The van der Waals surface area contributed by atoms with Gasteiger partial charge < -0.3 is 14.2 Å². The molecule has 2 aromatic heterocycles. The molecule has 0 radical (unpaired) electrons. The van der Waals surface area contributed by atoms with Gasteiger partial charge in [0.05, 0.1) is 11.8 Å². The van der Waals surface area contributed by atoms with Gasteiger partial charge in [0.2, 0.25) is 5.91 Å². The van der Waals surface area contributed by atoms with Crippen LogP contribution in [0.1, 0.15) is 41.6 Å². The lowest BCUT2D eigenvalue weighted by Crippen LogP contribution is -2.54. The summed E-state index contributed by atoms with van der Waals surface area (Å²) in [5, 5.41) is 0. The molecule has 0 N–H and O–H groups in total. The molecule has 6 heteroatoms. The average molecular weight is 353 g/mol.